The van der Waals surface area contributed by atoms with Crippen LogP contribution in [0, 0.1) is 6.92 Å². The van der Waals surface area contributed by atoms with Gasteiger partial charge in [-0.25, -0.2) is 0 Å². The maximum absolute atomic E-state index is 13.2. The third-order valence-corrected chi connectivity index (χ3v) is 5.94. The van der Waals surface area contributed by atoms with Crippen LogP contribution in [-0.2, 0) is 16.1 Å². The van der Waals surface area contributed by atoms with Crippen molar-refractivity contribution in [2.75, 3.05) is 13.7 Å². The van der Waals surface area contributed by atoms with Gasteiger partial charge >= 0.3 is 0 Å². The lowest BCUT2D eigenvalue weighted by Crippen LogP contribution is -2.29. The van der Waals surface area contributed by atoms with Crippen LogP contribution in [-0.4, -0.2) is 40.4 Å². The number of carbonyl (C=O) groups is 2. The van der Waals surface area contributed by atoms with Crippen LogP contribution in [0.2, 0.25) is 0 Å². The Balaban J connectivity index is 1.81. The Morgan fingerprint density at radius 1 is 1.09 bits per heavy atom. The number of likely N-dealkylation sites (tertiary alicyclic amines) is 1. The summed E-state index contributed by atoms with van der Waals surface area (Å²) in [6, 6.07) is 17.0. The zero-order chi connectivity index (χ0) is 24.9. The molecule has 7 heteroatoms. The molecule has 3 aromatic rings. The van der Waals surface area contributed by atoms with Crippen LogP contribution in [0.5, 0.6) is 11.5 Å². The first kappa shape index (κ1) is 24.0. The maximum Gasteiger partial charge on any atom is 0.296 e. The summed E-state index contributed by atoms with van der Waals surface area (Å²) in [6.07, 6.45) is 2.52. The number of aromatic nitrogens is 1. The van der Waals surface area contributed by atoms with Gasteiger partial charge in [0, 0.05) is 11.8 Å². The standard InChI is InChI=1S/C28H28N2O5/c1-4-15-35-23-13-10-20(16-18(23)2)26(31)24-25(19-8-11-22(34-3)12-9-19)30(28(33)27(24)32)17-21-7-5-6-14-29-21/h5-14,16,25,31H,4,15,17H2,1-3H3/b26-24-. The van der Waals surface area contributed by atoms with Crippen molar-refractivity contribution in [3.63, 3.8) is 0 Å². The Labute approximate surface area is 204 Å². The van der Waals surface area contributed by atoms with Gasteiger partial charge in [-0.1, -0.05) is 25.1 Å². The van der Waals surface area contributed by atoms with Crippen molar-refractivity contribution in [3.05, 3.63) is 94.8 Å². The fourth-order valence-electron chi connectivity index (χ4n) is 4.17. The van der Waals surface area contributed by atoms with Gasteiger partial charge in [-0.3, -0.25) is 14.6 Å². The number of benzene rings is 2. The molecule has 0 saturated carbocycles. The first-order chi connectivity index (χ1) is 16.9. The lowest BCUT2D eigenvalue weighted by Gasteiger charge is -2.25. The van der Waals surface area contributed by atoms with E-state index in [2.05, 4.69) is 4.98 Å². The molecule has 180 valence electrons. The topological polar surface area (TPSA) is 89.0 Å². The van der Waals surface area contributed by atoms with Crippen molar-refractivity contribution >= 4 is 17.4 Å². The van der Waals surface area contributed by atoms with E-state index in [0.717, 1.165) is 12.0 Å². The van der Waals surface area contributed by atoms with Gasteiger partial charge in [0.25, 0.3) is 11.7 Å². The molecule has 0 spiro atoms. The predicted molar refractivity (Wildman–Crippen MR) is 132 cm³/mol. The first-order valence-corrected chi connectivity index (χ1v) is 11.5. The highest BCUT2D eigenvalue weighted by Gasteiger charge is 2.46. The van der Waals surface area contributed by atoms with Gasteiger partial charge in [-0.2, -0.15) is 0 Å². The normalized spacial score (nSPS) is 17.0. The first-order valence-electron chi connectivity index (χ1n) is 11.5. The highest BCUT2D eigenvalue weighted by Crippen LogP contribution is 2.41. The molecule has 2 heterocycles. The van der Waals surface area contributed by atoms with Crippen LogP contribution < -0.4 is 9.47 Å². The number of nitrogens with zero attached hydrogens (tertiary/aromatic N) is 2. The van der Waals surface area contributed by atoms with Gasteiger partial charge < -0.3 is 19.5 Å². The zero-order valence-electron chi connectivity index (χ0n) is 20.0. The van der Waals surface area contributed by atoms with E-state index in [1.807, 2.05) is 19.9 Å². The van der Waals surface area contributed by atoms with Gasteiger partial charge in [0.15, 0.2) is 0 Å². The number of aryl methyl sites for hydroxylation is 1. The molecule has 1 saturated heterocycles. The number of pyridine rings is 1. The summed E-state index contributed by atoms with van der Waals surface area (Å²) < 4.78 is 11.0. The second kappa shape index (κ2) is 10.4. The molecule has 1 aliphatic heterocycles. The lowest BCUT2D eigenvalue weighted by atomic mass is 9.94. The zero-order valence-corrected chi connectivity index (χ0v) is 20.0. The number of rotatable bonds is 8. The number of Topliss-reactive ketones (excluding diaryl/α,β-unsaturated/α-hetero) is 1. The largest absolute Gasteiger partial charge is 0.507 e. The molecule has 1 N–H and O–H groups in total. The fraction of sp³-hybridized carbons (Fsp3) is 0.250. The van der Waals surface area contributed by atoms with Gasteiger partial charge in [-0.15, -0.1) is 0 Å². The van der Waals surface area contributed by atoms with E-state index in [-0.39, 0.29) is 17.9 Å². The minimum absolute atomic E-state index is 0.0396. The average molecular weight is 473 g/mol. The minimum atomic E-state index is -0.778. The fourth-order valence-corrected chi connectivity index (χ4v) is 4.17. The number of aliphatic hydroxyl groups excluding tert-OH is 1. The van der Waals surface area contributed by atoms with Crippen molar-refractivity contribution in [1.29, 1.82) is 0 Å². The summed E-state index contributed by atoms with van der Waals surface area (Å²) in [6.45, 7) is 4.62. The molecule has 1 unspecified atom stereocenters. The Kier molecular flexibility index (Phi) is 7.15. The summed E-state index contributed by atoms with van der Waals surface area (Å²) >= 11 is 0. The molecule has 0 bridgehead atoms. The van der Waals surface area contributed by atoms with Crippen LogP contribution in [0.15, 0.2) is 72.4 Å². The van der Waals surface area contributed by atoms with E-state index in [0.29, 0.717) is 34.9 Å². The number of amides is 1. The number of methoxy groups -OCH3 is 1. The summed E-state index contributed by atoms with van der Waals surface area (Å²) in [7, 11) is 1.57. The van der Waals surface area contributed by atoms with E-state index in [1.54, 1.807) is 67.9 Å². The average Bonchev–Trinajstić information content (AvgIpc) is 3.13. The van der Waals surface area contributed by atoms with Crippen molar-refractivity contribution in [1.82, 2.24) is 9.88 Å². The molecule has 0 aliphatic carbocycles. The number of carbonyl (C=O) groups excluding carboxylic acids is 2. The van der Waals surface area contributed by atoms with Crippen molar-refractivity contribution in [2.45, 2.75) is 32.9 Å². The molecule has 4 rings (SSSR count). The van der Waals surface area contributed by atoms with Crippen molar-refractivity contribution < 1.29 is 24.2 Å². The minimum Gasteiger partial charge on any atom is -0.507 e. The summed E-state index contributed by atoms with van der Waals surface area (Å²) in [4.78, 5) is 32.2. The van der Waals surface area contributed by atoms with E-state index < -0.39 is 17.7 Å². The van der Waals surface area contributed by atoms with Gasteiger partial charge in [0.2, 0.25) is 0 Å². The van der Waals surface area contributed by atoms with E-state index >= 15 is 0 Å². The van der Waals surface area contributed by atoms with Crippen LogP contribution in [0.25, 0.3) is 5.76 Å². The predicted octanol–water partition coefficient (Wildman–Crippen LogP) is 4.81. The molecular formula is C28H28N2O5. The molecule has 0 radical (unpaired) electrons. The third kappa shape index (κ3) is 4.89. The molecule has 1 aliphatic rings. The molecule has 1 aromatic heterocycles. The molecule has 35 heavy (non-hydrogen) atoms. The van der Waals surface area contributed by atoms with Crippen LogP contribution in [0.4, 0.5) is 0 Å². The highest BCUT2D eigenvalue weighted by molar-refractivity contribution is 6.46. The van der Waals surface area contributed by atoms with Crippen molar-refractivity contribution in [3.8, 4) is 11.5 Å². The van der Waals surface area contributed by atoms with Crippen LogP contribution in [0.3, 0.4) is 0 Å². The molecule has 1 fully saturated rings. The Hall–Kier alpha value is -4.13. The van der Waals surface area contributed by atoms with E-state index in [1.165, 1.54) is 4.90 Å². The smallest absolute Gasteiger partial charge is 0.296 e. The van der Waals surface area contributed by atoms with Crippen LogP contribution >= 0.6 is 0 Å². The van der Waals surface area contributed by atoms with Gasteiger partial charge in [-0.05, 0) is 66.9 Å². The van der Waals surface area contributed by atoms with E-state index in [9.17, 15) is 14.7 Å². The summed E-state index contributed by atoms with van der Waals surface area (Å²) in [5, 5.41) is 11.3. The SMILES string of the molecule is CCCOc1ccc(/C(O)=C2/C(=O)C(=O)N(Cc3ccccn3)C2c2ccc(OC)cc2)cc1C. The number of hydrogen-bond acceptors (Lipinski definition) is 6. The quantitative estimate of drug-likeness (QED) is 0.288. The Morgan fingerprint density at radius 3 is 2.49 bits per heavy atom. The molecule has 2 aromatic carbocycles. The third-order valence-electron chi connectivity index (χ3n) is 5.94. The lowest BCUT2D eigenvalue weighted by molar-refractivity contribution is -0.140. The molecule has 1 atom stereocenters. The van der Waals surface area contributed by atoms with Crippen LogP contribution in [0.1, 0.15) is 41.8 Å². The summed E-state index contributed by atoms with van der Waals surface area (Å²) in [5.74, 6) is -0.280. The highest BCUT2D eigenvalue weighted by atomic mass is 16.5. The Morgan fingerprint density at radius 2 is 1.86 bits per heavy atom. The molecule has 7 nitrogen and oxygen atoms in total. The van der Waals surface area contributed by atoms with Gasteiger partial charge in [0.1, 0.15) is 17.3 Å². The molecule has 1 amide bonds. The summed E-state index contributed by atoms with van der Waals surface area (Å²) in [5.41, 5.74) is 2.63. The number of hydrogen-bond donors (Lipinski definition) is 1. The number of ketones is 1. The second-order valence-electron chi connectivity index (χ2n) is 8.35. The van der Waals surface area contributed by atoms with E-state index in [4.69, 9.17) is 9.47 Å². The van der Waals surface area contributed by atoms with Gasteiger partial charge in [0.05, 0.1) is 37.6 Å². The maximum atomic E-state index is 13.2. The monoisotopic (exact) mass is 472 g/mol. The second-order valence-corrected chi connectivity index (χ2v) is 8.35. The van der Waals surface area contributed by atoms with Crippen molar-refractivity contribution in [2.24, 2.45) is 0 Å². The Bertz CT molecular complexity index is 1250. The number of aliphatic hydroxyl groups is 1. The molecular weight excluding hydrogens is 444 g/mol. The number of ether oxygens (including phenoxy) is 2.